The van der Waals surface area contributed by atoms with E-state index in [0.717, 1.165) is 0 Å². The summed E-state index contributed by atoms with van der Waals surface area (Å²) in [5.41, 5.74) is 0. The average molecular weight is 235 g/mol. The van der Waals surface area contributed by atoms with E-state index in [1.807, 2.05) is 7.05 Å². The van der Waals surface area contributed by atoms with Crippen molar-refractivity contribution in [3.05, 3.63) is 0 Å². The lowest BCUT2D eigenvalue weighted by Gasteiger charge is -2.10. The quantitative estimate of drug-likeness (QED) is 0.493. The summed E-state index contributed by atoms with van der Waals surface area (Å²) < 4.78 is 20.8. The number of likely N-dealkylation sites (N-methyl/N-ethyl adjacent to an activating group) is 1. The Labute approximate surface area is 98.4 Å². The predicted molar refractivity (Wildman–Crippen MR) is 62.9 cm³/mol. The van der Waals surface area contributed by atoms with Crippen molar-refractivity contribution in [3.8, 4) is 0 Å². The van der Waals surface area contributed by atoms with E-state index in [-0.39, 0.29) is 0 Å². The average Bonchev–Trinajstić information content (AvgIpc) is 2.31. The zero-order chi connectivity index (χ0) is 12.1. The Hall–Kier alpha value is -0.200. The summed E-state index contributed by atoms with van der Waals surface area (Å²) in [5, 5.41) is 3.10. The van der Waals surface area contributed by atoms with Crippen LogP contribution in [-0.4, -0.2) is 66.4 Å². The van der Waals surface area contributed by atoms with Gasteiger partial charge in [-0.05, 0) is 14.0 Å². The minimum absolute atomic E-state index is 0.386. The summed E-state index contributed by atoms with van der Waals surface area (Å²) in [6.07, 6.45) is 0. The largest absolute Gasteiger partial charge is 0.382 e. The Morgan fingerprint density at radius 3 is 1.88 bits per heavy atom. The fourth-order valence-corrected chi connectivity index (χ4v) is 0.926. The molecule has 1 unspecified atom stereocenters. The number of ether oxygens (including phenoxy) is 4. The lowest BCUT2D eigenvalue weighted by atomic mass is 10.4. The van der Waals surface area contributed by atoms with Crippen LogP contribution in [0.3, 0.4) is 0 Å². The molecule has 0 fully saturated rings. The fourth-order valence-electron chi connectivity index (χ4n) is 0.926. The first kappa shape index (κ1) is 15.8. The van der Waals surface area contributed by atoms with Crippen molar-refractivity contribution in [1.29, 1.82) is 0 Å². The zero-order valence-electron chi connectivity index (χ0n) is 10.7. The molecular formula is C11H25NO4. The van der Waals surface area contributed by atoms with Gasteiger partial charge in [0, 0.05) is 13.2 Å². The summed E-state index contributed by atoms with van der Waals surface area (Å²) in [7, 11) is 3.57. The van der Waals surface area contributed by atoms with Gasteiger partial charge in [0.25, 0.3) is 0 Å². The number of nitrogens with one attached hydrogen (secondary N) is 1. The van der Waals surface area contributed by atoms with Crippen LogP contribution >= 0.6 is 0 Å². The second kappa shape index (κ2) is 12.9. The van der Waals surface area contributed by atoms with Crippen molar-refractivity contribution >= 4 is 0 Å². The Balaban J connectivity index is 2.93. The highest BCUT2D eigenvalue weighted by atomic mass is 16.6. The van der Waals surface area contributed by atoms with E-state index >= 15 is 0 Å². The lowest BCUT2D eigenvalue weighted by Crippen LogP contribution is -2.27. The van der Waals surface area contributed by atoms with E-state index in [1.54, 1.807) is 7.11 Å². The third-order valence-corrected chi connectivity index (χ3v) is 2.04. The molecule has 16 heavy (non-hydrogen) atoms. The molecule has 0 aliphatic carbocycles. The Kier molecular flexibility index (Phi) is 12.7. The first-order chi connectivity index (χ1) is 7.81. The smallest absolute Gasteiger partial charge is 0.0701 e. The van der Waals surface area contributed by atoms with E-state index in [4.69, 9.17) is 18.9 Å². The maximum atomic E-state index is 5.38. The molecule has 0 rings (SSSR count). The summed E-state index contributed by atoms with van der Waals surface area (Å²) in [6, 6.07) is 0.386. The molecule has 0 aliphatic heterocycles. The van der Waals surface area contributed by atoms with E-state index in [1.165, 1.54) is 0 Å². The molecular weight excluding hydrogens is 210 g/mol. The van der Waals surface area contributed by atoms with Crippen LogP contribution in [0, 0.1) is 0 Å². The monoisotopic (exact) mass is 235 g/mol. The van der Waals surface area contributed by atoms with Gasteiger partial charge in [0.2, 0.25) is 0 Å². The van der Waals surface area contributed by atoms with Crippen molar-refractivity contribution in [2.75, 3.05) is 60.4 Å². The molecule has 0 radical (unpaired) electrons. The van der Waals surface area contributed by atoms with E-state index < -0.39 is 0 Å². The molecule has 1 atom stereocenters. The topological polar surface area (TPSA) is 49.0 Å². The normalized spacial score (nSPS) is 12.9. The van der Waals surface area contributed by atoms with Crippen LogP contribution in [0.15, 0.2) is 0 Å². The van der Waals surface area contributed by atoms with Crippen molar-refractivity contribution in [1.82, 2.24) is 5.32 Å². The van der Waals surface area contributed by atoms with Gasteiger partial charge in [-0.2, -0.15) is 0 Å². The molecule has 0 spiro atoms. The van der Waals surface area contributed by atoms with Crippen LogP contribution < -0.4 is 5.32 Å². The van der Waals surface area contributed by atoms with Gasteiger partial charge in [-0.15, -0.1) is 0 Å². The molecule has 0 saturated heterocycles. The van der Waals surface area contributed by atoms with Crippen molar-refractivity contribution < 1.29 is 18.9 Å². The van der Waals surface area contributed by atoms with Crippen molar-refractivity contribution in [2.45, 2.75) is 13.0 Å². The van der Waals surface area contributed by atoms with Gasteiger partial charge in [0.15, 0.2) is 0 Å². The highest BCUT2D eigenvalue weighted by molar-refractivity contribution is 4.53. The van der Waals surface area contributed by atoms with E-state index in [0.29, 0.717) is 52.3 Å². The maximum absolute atomic E-state index is 5.38. The second-order valence-corrected chi connectivity index (χ2v) is 3.48. The van der Waals surface area contributed by atoms with E-state index in [2.05, 4.69) is 12.2 Å². The van der Waals surface area contributed by atoms with Crippen LogP contribution in [0.5, 0.6) is 0 Å². The standard InChI is InChI=1S/C11H25NO4/c1-11(12-2)10-16-9-8-15-7-6-14-5-4-13-3/h11-12H,4-10H2,1-3H3. The van der Waals surface area contributed by atoms with Gasteiger partial charge in [-0.25, -0.2) is 0 Å². The first-order valence-electron chi connectivity index (χ1n) is 5.70. The molecule has 1 N–H and O–H groups in total. The van der Waals surface area contributed by atoms with Crippen LogP contribution in [0.2, 0.25) is 0 Å². The lowest BCUT2D eigenvalue weighted by molar-refractivity contribution is 0.00164. The summed E-state index contributed by atoms with van der Waals surface area (Å²) in [5.74, 6) is 0. The summed E-state index contributed by atoms with van der Waals surface area (Å²) in [4.78, 5) is 0. The predicted octanol–water partition coefficient (Wildman–Crippen LogP) is 0.291. The Morgan fingerprint density at radius 2 is 1.38 bits per heavy atom. The molecule has 0 aromatic rings. The van der Waals surface area contributed by atoms with Crippen LogP contribution in [0.4, 0.5) is 0 Å². The van der Waals surface area contributed by atoms with Crippen molar-refractivity contribution in [2.24, 2.45) is 0 Å². The molecule has 0 bridgehead atoms. The molecule has 0 aliphatic rings. The molecule has 5 heteroatoms. The van der Waals surface area contributed by atoms with Crippen LogP contribution in [0.1, 0.15) is 6.92 Å². The van der Waals surface area contributed by atoms with Gasteiger partial charge < -0.3 is 24.3 Å². The molecule has 0 saturated carbocycles. The summed E-state index contributed by atoms with van der Waals surface area (Å²) >= 11 is 0. The van der Waals surface area contributed by atoms with Gasteiger partial charge in [0.05, 0.1) is 46.2 Å². The minimum Gasteiger partial charge on any atom is -0.382 e. The minimum atomic E-state index is 0.386. The van der Waals surface area contributed by atoms with Crippen LogP contribution in [-0.2, 0) is 18.9 Å². The highest BCUT2D eigenvalue weighted by Crippen LogP contribution is 1.84. The molecule has 0 heterocycles. The van der Waals surface area contributed by atoms with E-state index in [9.17, 15) is 0 Å². The maximum Gasteiger partial charge on any atom is 0.0701 e. The van der Waals surface area contributed by atoms with Gasteiger partial charge in [0.1, 0.15) is 0 Å². The number of hydrogen-bond acceptors (Lipinski definition) is 5. The van der Waals surface area contributed by atoms with Gasteiger partial charge in [-0.1, -0.05) is 0 Å². The number of hydrogen-bond donors (Lipinski definition) is 1. The molecule has 0 aromatic heterocycles. The molecule has 5 nitrogen and oxygen atoms in total. The SMILES string of the molecule is CNC(C)COCCOCCOCCOC. The molecule has 0 aromatic carbocycles. The van der Waals surface area contributed by atoms with Crippen LogP contribution in [0.25, 0.3) is 0 Å². The van der Waals surface area contributed by atoms with Gasteiger partial charge in [-0.3, -0.25) is 0 Å². The third-order valence-electron chi connectivity index (χ3n) is 2.04. The molecule has 98 valence electrons. The Bertz CT molecular complexity index is 135. The fraction of sp³-hybridized carbons (Fsp3) is 1.00. The second-order valence-electron chi connectivity index (χ2n) is 3.48. The Morgan fingerprint density at radius 1 is 0.875 bits per heavy atom. The summed E-state index contributed by atoms with van der Waals surface area (Å²) in [6.45, 7) is 6.49. The number of methoxy groups -OCH3 is 1. The highest BCUT2D eigenvalue weighted by Gasteiger charge is 1.96. The first-order valence-corrected chi connectivity index (χ1v) is 5.70. The molecule has 0 amide bonds. The van der Waals surface area contributed by atoms with Gasteiger partial charge >= 0.3 is 0 Å². The third kappa shape index (κ3) is 11.9. The number of rotatable bonds is 12. The zero-order valence-corrected chi connectivity index (χ0v) is 10.7. The van der Waals surface area contributed by atoms with Crippen molar-refractivity contribution in [3.63, 3.8) is 0 Å².